The van der Waals surface area contributed by atoms with Gasteiger partial charge >= 0.3 is 0 Å². The van der Waals surface area contributed by atoms with E-state index >= 15 is 0 Å². The summed E-state index contributed by atoms with van der Waals surface area (Å²) in [4.78, 5) is 16.8. The molecule has 1 saturated carbocycles. The van der Waals surface area contributed by atoms with Crippen LogP contribution in [0.2, 0.25) is 0 Å². The number of methoxy groups -OCH3 is 1. The third kappa shape index (κ3) is 4.51. The average molecular weight is 410 g/mol. The highest BCUT2D eigenvalue weighted by molar-refractivity contribution is 6.02. The number of nitrogens with zero attached hydrogens (tertiary/aromatic N) is 4. The van der Waals surface area contributed by atoms with E-state index in [1.807, 2.05) is 25.1 Å². The highest BCUT2D eigenvalue weighted by Crippen LogP contribution is 2.36. The lowest BCUT2D eigenvalue weighted by atomic mass is 10.0. The summed E-state index contributed by atoms with van der Waals surface area (Å²) >= 11 is 0. The van der Waals surface area contributed by atoms with Crippen molar-refractivity contribution in [1.29, 1.82) is 0 Å². The molecule has 3 aromatic rings. The van der Waals surface area contributed by atoms with Gasteiger partial charge in [0.1, 0.15) is 11.4 Å². The van der Waals surface area contributed by atoms with Gasteiger partial charge in [0.15, 0.2) is 5.82 Å². The van der Waals surface area contributed by atoms with E-state index in [0.29, 0.717) is 29.7 Å². The van der Waals surface area contributed by atoms with Crippen molar-refractivity contribution in [2.24, 2.45) is 7.05 Å². The molecule has 0 aliphatic heterocycles. The zero-order valence-corrected chi connectivity index (χ0v) is 17.4. The molecule has 30 heavy (non-hydrogen) atoms. The molecule has 0 spiro atoms. The molecule has 1 aliphatic carbocycles. The number of aromatic amines is 1. The maximum absolute atomic E-state index is 12.6. The standard InChI is InChI=1S/C21H26N6O3/c1-13-4-6-17(11-22-13)30-16-7-5-14(8-16)18-10-20(25-24-18)23-21(28)19-9-15(12-29-3)26-27(19)2/h4,6,9-11,14,16H,5,7-8,12H2,1-3H3,(H2,23,24,25,28)/t14-,16+/m1/s1. The van der Waals surface area contributed by atoms with Crippen molar-refractivity contribution in [2.45, 2.75) is 44.8 Å². The molecule has 0 radical (unpaired) electrons. The minimum Gasteiger partial charge on any atom is -0.489 e. The van der Waals surface area contributed by atoms with Crippen molar-refractivity contribution in [3.63, 3.8) is 0 Å². The number of rotatable bonds is 7. The van der Waals surface area contributed by atoms with Gasteiger partial charge < -0.3 is 14.8 Å². The quantitative estimate of drug-likeness (QED) is 0.620. The molecule has 1 amide bonds. The number of ether oxygens (including phenoxy) is 2. The first kappa shape index (κ1) is 20.1. The molecule has 0 saturated heterocycles. The summed E-state index contributed by atoms with van der Waals surface area (Å²) in [5.41, 5.74) is 3.13. The van der Waals surface area contributed by atoms with Gasteiger partial charge in [0.2, 0.25) is 0 Å². The summed E-state index contributed by atoms with van der Waals surface area (Å²) in [7, 11) is 3.32. The Kier molecular flexibility index (Phi) is 5.80. The van der Waals surface area contributed by atoms with E-state index in [1.165, 1.54) is 4.68 Å². The van der Waals surface area contributed by atoms with E-state index in [0.717, 1.165) is 36.4 Å². The molecule has 158 valence electrons. The van der Waals surface area contributed by atoms with Gasteiger partial charge in [-0.3, -0.25) is 19.6 Å². The molecule has 3 heterocycles. The van der Waals surface area contributed by atoms with Gasteiger partial charge in [-0.25, -0.2) is 0 Å². The number of H-pyrrole nitrogens is 1. The van der Waals surface area contributed by atoms with Crippen LogP contribution < -0.4 is 10.1 Å². The first-order valence-electron chi connectivity index (χ1n) is 9.99. The van der Waals surface area contributed by atoms with Gasteiger partial charge in [0.05, 0.1) is 24.6 Å². The molecule has 9 heteroatoms. The van der Waals surface area contributed by atoms with Crippen LogP contribution in [0.3, 0.4) is 0 Å². The fraction of sp³-hybridized carbons (Fsp3) is 0.429. The molecule has 2 atom stereocenters. The first-order chi connectivity index (χ1) is 14.5. The Morgan fingerprint density at radius 1 is 1.33 bits per heavy atom. The Morgan fingerprint density at radius 3 is 2.97 bits per heavy atom. The molecular weight excluding hydrogens is 384 g/mol. The fourth-order valence-electron chi connectivity index (χ4n) is 3.79. The topological polar surface area (TPSA) is 107 Å². The minimum absolute atomic E-state index is 0.148. The number of anilines is 1. The predicted molar refractivity (Wildman–Crippen MR) is 110 cm³/mol. The molecule has 1 fully saturated rings. The smallest absolute Gasteiger partial charge is 0.275 e. The summed E-state index contributed by atoms with van der Waals surface area (Å²) in [6, 6.07) is 7.51. The number of carbonyl (C=O) groups excluding carboxylic acids is 1. The Bertz CT molecular complexity index is 1010. The highest BCUT2D eigenvalue weighted by Gasteiger charge is 2.29. The lowest BCUT2D eigenvalue weighted by Gasteiger charge is -2.13. The van der Waals surface area contributed by atoms with Crippen LogP contribution in [0.25, 0.3) is 0 Å². The molecule has 3 aromatic heterocycles. The van der Waals surface area contributed by atoms with E-state index < -0.39 is 0 Å². The maximum atomic E-state index is 12.6. The van der Waals surface area contributed by atoms with Crippen LogP contribution >= 0.6 is 0 Å². The third-order valence-electron chi connectivity index (χ3n) is 5.31. The lowest BCUT2D eigenvalue weighted by Crippen LogP contribution is -2.16. The van der Waals surface area contributed by atoms with Gasteiger partial charge in [-0.15, -0.1) is 0 Å². The number of hydrogen-bond acceptors (Lipinski definition) is 6. The molecule has 0 bridgehead atoms. The monoisotopic (exact) mass is 410 g/mol. The van der Waals surface area contributed by atoms with E-state index in [2.05, 4.69) is 25.6 Å². The second-order valence-corrected chi connectivity index (χ2v) is 7.63. The number of nitrogens with one attached hydrogen (secondary N) is 2. The Balaban J connectivity index is 1.35. The summed E-state index contributed by atoms with van der Waals surface area (Å²) in [5, 5.41) is 14.4. The number of aromatic nitrogens is 5. The third-order valence-corrected chi connectivity index (χ3v) is 5.31. The zero-order valence-electron chi connectivity index (χ0n) is 17.4. The van der Waals surface area contributed by atoms with E-state index in [-0.39, 0.29) is 12.0 Å². The zero-order chi connectivity index (χ0) is 21.1. The maximum Gasteiger partial charge on any atom is 0.275 e. The van der Waals surface area contributed by atoms with Gasteiger partial charge in [0, 0.05) is 37.5 Å². The molecule has 4 rings (SSSR count). The summed E-state index contributed by atoms with van der Waals surface area (Å²) in [5.74, 6) is 1.35. The minimum atomic E-state index is -0.259. The molecule has 0 aromatic carbocycles. The number of aryl methyl sites for hydroxylation is 2. The normalized spacial score (nSPS) is 18.5. The number of carbonyl (C=O) groups is 1. The van der Waals surface area contributed by atoms with Crippen LogP contribution in [0, 0.1) is 6.92 Å². The summed E-state index contributed by atoms with van der Waals surface area (Å²) < 4.78 is 12.7. The fourth-order valence-corrected chi connectivity index (χ4v) is 3.79. The predicted octanol–water partition coefficient (Wildman–Crippen LogP) is 2.96. The molecule has 0 unspecified atom stereocenters. The number of pyridine rings is 1. The van der Waals surface area contributed by atoms with Crippen molar-refractivity contribution in [3.05, 3.63) is 53.2 Å². The van der Waals surface area contributed by atoms with Crippen molar-refractivity contribution in [3.8, 4) is 5.75 Å². The molecular formula is C21H26N6O3. The Morgan fingerprint density at radius 2 is 2.20 bits per heavy atom. The van der Waals surface area contributed by atoms with Gasteiger partial charge in [-0.2, -0.15) is 10.2 Å². The highest BCUT2D eigenvalue weighted by atomic mass is 16.5. The first-order valence-corrected chi connectivity index (χ1v) is 9.99. The van der Waals surface area contributed by atoms with Crippen molar-refractivity contribution < 1.29 is 14.3 Å². The second kappa shape index (κ2) is 8.66. The van der Waals surface area contributed by atoms with Crippen molar-refractivity contribution >= 4 is 11.7 Å². The summed E-state index contributed by atoms with van der Waals surface area (Å²) in [6.07, 6.45) is 4.78. The SMILES string of the molecule is COCc1cc(C(=O)Nc2cc([C@@H]3CC[C@H](Oc4ccc(C)nc4)C3)[nH]n2)n(C)n1. The van der Waals surface area contributed by atoms with Crippen LogP contribution in [-0.2, 0) is 18.4 Å². The van der Waals surface area contributed by atoms with Gasteiger partial charge in [-0.05, 0) is 44.4 Å². The number of hydrogen-bond donors (Lipinski definition) is 2. The van der Waals surface area contributed by atoms with Gasteiger partial charge in [-0.1, -0.05) is 0 Å². The lowest BCUT2D eigenvalue weighted by molar-refractivity contribution is 0.101. The van der Waals surface area contributed by atoms with Crippen LogP contribution in [-0.4, -0.2) is 44.1 Å². The van der Waals surface area contributed by atoms with Crippen molar-refractivity contribution in [2.75, 3.05) is 12.4 Å². The second-order valence-electron chi connectivity index (χ2n) is 7.63. The average Bonchev–Trinajstić information content (AvgIpc) is 3.44. The van der Waals surface area contributed by atoms with E-state index in [9.17, 15) is 4.79 Å². The molecule has 1 aliphatic rings. The Labute approximate surface area is 174 Å². The van der Waals surface area contributed by atoms with Crippen LogP contribution in [0.1, 0.15) is 52.8 Å². The molecule has 9 nitrogen and oxygen atoms in total. The Hall–Kier alpha value is -3.20. The van der Waals surface area contributed by atoms with Crippen LogP contribution in [0.15, 0.2) is 30.5 Å². The van der Waals surface area contributed by atoms with E-state index in [1.54, 1.807) is 26.4 Å². The van der Waals surface area contributed by atoms with Crippen LogP contribution in [0.5, 0.6) is 5.75 Å². The van der Waals surface area contributed by atoms with Gasteiger partial charge in [0.25, 0.3) is 5.91 Å². The molecule has 2 N–H and O–H groups in total. The van der Waals surface area contributed by atoms with Crippen LogP contribution in [0.4, 0.5) is 5.82 Å². The van der Waals surface area contributed by atoms with E-state index in [4.69, 9.17) is 9.47 Å². The summed E-state index contributed by atoms with van der Waals surface area (Å²) in [6.45, 7) is 2.31. The van der Waals surface area contributed by atoms with Crippen molar-refractivity contribution in [1.82, 2.24) is 25.0 Å². The number of amides is 1. The largest absolute Gasteiger partial charge is 0.489 e.